The van der Waals surface area contributed by atoms with Crippen molar-refractivity contribution in [2.45, 2.75) is 20.3 Å². The lowest BCUT2D eigenvalue weighted by atomic mass is 9.56. The van der Waals surface area contributed by atoms with Gasteiger partial charge < -0.3 is 0 Å². The van der Waals surface area contributed by atoms with E-state index in [1.807, 2.05) is 32.1 Å². The van der Waals surface area contributed by atoms with Crippen molar-refractivity contribution in [2.24, 2.45) is 17.3 Å². The Bertz CT molecular complexity index is 570. The lowest BCUT2D eigenvalue weighted by molar-refractivity contribution is 0.0478. The molecule has 0 spiro atoms. The highest BCUT2D eigenvalue weighted by molar-refractivity contribution is 6.17. The summed E-state index contributed by atoms with van der Waals surface area (Å²) in [4.78, 5) is 25.3. The van der Waals surface area contributed by atoms with Crippen molar-refractivity contribution >= 4 is 11.6 Å². The fraction of sp³-hybridized carbons (Fsp3) is 0.375. The van der Waals surface area contributed by atoms with Crippen molar-refractivity contribution in [3.63, 3.8) is 0 Å². The van der Waals surface area contributed by atoms with Crippen LogP contribution in [0.4, 0.5) is 0 Å². The minimum Gasteiger partial charge on any atom is -0.294 e. The normalized spacial score (nSPS) is 34.1. The number of benzene rings is 1. The summed E-state index contributed by atoms with van der Waals surface area (Å²) in [5, 5.41) is 0. The maximum atomic E-state index is 12.7. The molecule has 0 radical (unpaired) electrons. The van der Waals surface area contributed by atoms with E-state index >= 15 is 0 Å². The maximum absolute atomic E-state index is 12.7. The van der Waals surface area contributed by atoms with Gasteiger partial charge in [0.25, 0.3) is 0 Å². The summed E-state index contributed by atoms with van der Waals surface area (Å²) < 4.78 is 0. The van der Waals surface area contributed by atoms with Crippen molar-refractivity contribution in [2.75, 3.05) is 0 Å². The predicted octanol–water partition coefficient (Wildman–Crippen LogP) is 3.28. The number of hydrogen-bond donors (Lipinski definition) is 0. The van der Waals surface area contributed by atoms with Crippen molar-refractivity contribution in [3.05, 3.63) is 47.5 Å². The van der Waals surface area contributed by atoms with Gasteiger partial charge in [-0.3, -0.25) is 9.59 Å². The van der Waals surface area contributed by atoms with Crippen LogP contribution in [0.5, 0.6) is 0 Å². The average Bonchev–Trinajstić information content (AvgIpc) is 2.39. The quantitative estimate of drug-likeness (QED) is 0.652. The van der Waals surface area contributed by atoms with Gasteiger partial charge in [0, 0.05) is 22.5 Å². The minimum absolute atomic E-state index is 0.112. The lowest BCUT2D eigenvalue weighted by Gasteiger charge is -2.44. The van der Waals surface area contributed by atoms with Crippen molar-refractivity contribution < 1.29 is 9.59 Å². The van der Waals surface area contributed by atoms with Gasteiger partial charge in [0.1, 0.15) is 0 Å². The van der Waals surface area contributed by atoms with Crippen molar-refractivity contribution in [1.82, 2.24) is 0 Å². The molecule has 3 rings (SSSR count). The zero-order valence-electron chi connectivity index (χ0n) is 10.6. The van der Waals surface area contributed by atoms with E-state index in [2.05, 4.69) is 6.08 Å². The summed E-state index contributed by atoms with van der Waals surface area (Å²) in [6.45, 7) is 3.98. The van der Waals surface area contributed by atoms with E-state index in [1.54, 1.807) is 12.1 Å². The van der Waals surface area contributed by atoms with E-state index in [9.17, 15) is 9.59 Å². The van der Waals surface area contributed by atoms with Crippen LogP contribution in [-0.4, -0.2) is 11.6 Å². The van der Waals surface area contributed by atoms with Crippen LogP contribution in [0.2, 0.25) is 0 Å². The van der Waals surface area contributed by atoms with Gasteiger partial charge in [-0.15, -0.1) is 0 Å². The van der Waals surface area contributed by atoms with Gasteiger partial charge in [0.2, 0.25) is 0 Å². The van der Waals surface area contributed by atoms with E-state index < -0.39 is 5.41 Å². The second-order valence-corrected chi connectivity index (χ2v) is 5.53. The van der Waals surface area contributed by atoms with Crippen LogP contribution in [0.25, 0.3) is 0 Å². The number of rotatable bonds is 0. The largest absolute Gasteiger partial charge is 0.294 e. The van der Waals surface area contributed by atoms with Crippen LogP contribution in [0.15, 0.2) is 36.4 Å². The van der Waals surface area contributed by atoms with Crippen LogP contribution in [0.3, 0.4) is 0 Å². The third-order valence-electron chi connectivity index (χ3n) is 4.71. The molecule has 2 aliphatic carbocycles. The molecule has 1 aromatic rings. The predicted molar refractivity (Wildman–Crippen MR) is 69.6 cm³/mol. The first-order chi connectivity index (χ1) is 8.56. The first-order valence-electron chi connectivity index (χ1n) is 6.41. The van der Waals surface area contributed by atoms with Gasteiger partial charge in [0.05, 0.1) is 0 Å². The van der Waals surface area contributed by atoms with E-state index in [1.165, 1.54) is 0 Å². The molecule has 0 fully saturated rings. The Hall–Kier alpha value is -1.70. The molecule has 92 valence electrons. The van der Waals surface area contributed by atoms with E-state index in [-0.39, 0.29) is 23.4 Å². The molecule has 0 N–H and O–H groups in total. The topological polar surface area (TPSA) is 34.1 Å². The van der Waals surface area contributed by atoms with Gasteiger partial charge in [-0.25, -0.2) is 0 Å². The van der Waals surface area contributed by atoms with E-state index in [0.29, 0.717) is 17.5 Å². The highest BCUT2D eigenvalue weighted by Gasteiger charge is 2.53. The summed E-state index contributed by atoms with van der Waals surface area (Å²) in [6.07, 6.45) is 4.78. The van der Waals surface area contributed by atoms with Crippen LogP contribution >= 0.6 is 0 Å². The molecule has 2 aliphatic rings. The molecule has 0 saturated heterocycles. The Morgan fingerprint density at radius 3 is 2.56 bits per heavy atom. The summed E-state index contributed by atoms with van der Waals surface area (Å²) in [7, 11) is 0. The van der Waals surface area contributed by atoms with Crippen LogP contribution in [-0.2, 0) is 0 Å². The van der Waals surface area contributed by atoms with Crippen molar-refractivity contribution in [1.29, 1.82) is 0 Å². The zero-order chi connectivity index (χ0) is 12.9. The fourth-order valence-electron chi connectivity index (χ4n) is 3.30. The van der Waals surface area contributed by atoms with Gasteiger partial charge in [-0.2, -0.15) is 0 Å². The summed E-state index contributed by atoms with van der Waals surface area (Å²) in [6, 6.07) is 7.21. The van der Waals surface area contributed by atoms with Crippen LogP contribution in [0.1, 0.15) is 41.0 Å². The smallest absolute Gasteiger partial charge is 0.170 e. The Kier molecular flexibility index (Phi) is 2.31. The van der Waals surface area contributed by atoms with E-state index in [0.717, 1.165) is 0 Å². The Morgan fingerprint density at radius 2 is 1.83 bits per heavy atom. The van der Waals surface area contributed by atoms with Crippen LogP contribution < -0.4 is 0 Å². The molecule has 18 heavy (non-hydrogen) atoms. The first-order valence-corrected chi connectivity index (χ1v) is 6.41. The number of fused-ring (bicyclic) bond motifs is 2. The standard InChI is InChI=1S/C16H16O2/c1-10-6-5-9-13-14(17)11-7-3-4-8-12(11)15(18)16(10,13)2/h3-8,10,13H,9H2,1-2H3/t10-,13-,16-/m1/s1. The summed E-state index contributed by atoms with van der Waals surface area (Å²) >= 11 is 0. The molecule has 0 heterocycles. The highest BCUT2D eigenvalue weighted by atomic mass is 16.1. The molecule has 0 bridgehead atoms. The highest BCUT2D eigenvalue weighted by Crippen LogP contribution is 2.49. The molecule has 2 heteroatoms. The van der Waals surface area contributed by atoms with Gasteiger partial charge in [0.15, 0.2) is 11.6 Å². The Labute approximate surface area is 107 Å². The van der Waals surface area contributed by atoms with Crippen molar-refractivity contribution in [3.8, 4) is 0 Å². The molecule has 0 aliphatic heterocycles. The molecule has 2 nitrogen and oxygen atoms in total. The molecule has 0 unspecified atom stereocenters. The number of carbonyl (C=O) groups excluding carboxylic acids is 2. The summed E-state index contributed by atoms with van der Waals surface area (Å²) in [5.74, 6) is 0.171. The SMILES string of the molecule is C[C@@H]1C=CC[C@@H]2C(=O)c3ccccc3C(=O)[C@]12C. The molecular formula is C16H16O2. The number of hydrogen-bond acceptors (Lipinski definition) is 2. The lowest BCUT2D eigenvalue weighted by Crippen LogP contribution is -2.49. The van der Waals surface area contributed by atoms with Gasteiger partial charge >= 0.3 is 0 Å². The maximum Gasteiger partial charge on any atom is 0.170 e. The molecular weight excluding hydrogens is 224 g/mol. The molecule has 3 atom stereocenters. The van der Waals surface area contributed by atoms with E-state index in [4.69, 9.17) is 0 Å². The zero-order valence-corrected chi connectivity index (χ0v) is 10.6. The minimum atomic E-state index is -0.569. The molecule has 1 aromatic carbocycles. The third kappa shape index (κ3) is 1.23. The molecule has 0 saturated carbocycles. The number of carbonyl (C=O) groups is 2. The molecule has 0 amide bonds. The number of allylic oxidation sites excluding steroid dienone is 2. The Balaban J connectivity index is 2.25. The number of Topliss-reactive ketones (excluding diaryl/α,β-unsaturated/α-hetero) is 2. The second-order valence-electron chi connectivity index (χ2n) is 5.53. The fourth-order valence-corrected chi connectivity index (χ4v) is 3.30. The average molecular weight is 240 g/mol. The Morgan fingerprint density at radius 1 is 1.17 bits per heavy atom. The monoisotopic (exact) mass is 240 g/mol. The third-order valence-corrected chi connectivity index (χ3v) is 4.71. The van der Waals surface area contributed by atoms with Gasteiger partial charge in [-0.1, -0.05) is 50.3 Å². The van der Waals surface area contributed by atoms with Crippen LogP contribution in [0, 0.1) is 17.3 Å². The number of ketones is 2. The first kappa shape index (κ1) is 11.4. The molecule has 0 aromatic heterocycles. The van der Waals surface area contributed by atoms with Gasteiger partial charge in [-0.05, 0) is 12.3 Å². The summed E-state index contributed by atoms with van der Waals surface area (Å²) in [5.41, 5.74) is 0.635. The second kappa shape index (κ2) is 3.64.